The lowest BCUT2D eigenvalue weighted by Crippen LogP contribution is -2.24. The molecule has 0 radical (unpaired) electrons. The largest absolute Gasteiger partial charge is 0.497 e. The van der Waals surface area contributed by atoms with Crippen LogP contribution in [0.5, 0.6) is 5.75 Å². The fourth-order valence-electron chi connectivity index (χ4n) is 4.05. The van der Waals surface area contributed by atoms with E-state index >= 15 is 0 Å². The number of hydrogen-bond acceptors (Lipinski definition) is 6. The van der Waals surface area contributed by atoms with Crippen molar-refractivity contribution in [2.45, 2.75) is 45.9 Å². The molecule has 1 aliphatic heterocycles. The third-order valence-electron chi connectivity index (χ3n) is 5.45. The lowest BCUT2D eigenvalue weighted by Gasteiger charge is -2.23. The minimum Gasteiger partial charge on any atom is -0.497 e. The lowest BCUT2D eigenvalue weighted by molar-refractivity contribution is -0.163. The monoisotopic (exact) mass is 398 g/mol. The fourth-order valence-corrected chi connectivity index (χ4v) is 4.05. The number of hydrogen-bond donors (Lipinski definition) is 0. The van der Waals surface area contributed by atoms with Crippen molar-refractivity contribution >= 4 is 17.2 Å². The number of fused-ring (bicyclic) bond motifs is 1. The van der Waals surface area contributed by atoms with E-state index in [1.54, 1.807) is 7.11 Å². The zero-order valence-electron chi connectivity index (χ0n) is 17.1. The molecular weight excluding hydrogens is 372 g/mol. The first-order valence-corrected chi connectivity index (χ1v) is 9.96. The molecule has 2 aromatic heterocycles. The van der Waals surface area contributed by atoms with Crippen LogP contribution < -0.4 is 4.74 Å². The summed E-state index contributed by atoms with van der Waals surface area (Å²) >= 11 is 0. The van der Waals surface area contributed by atoms with Gasteiger partial charge < -0.3 is 23.3 Å². The molecule has 0 aliphatic carbocycles. The zero-order chi connectivity index (χ0) is 20.4. The van der Waals surface area contributed by atoms with Gasteiger partial charge in [0.2, 0.25) is 0 Å². The molecular formula is C22H26N2O5. The molecule has 7 nitrogen and oxygen atoms in total. The van der Waals surface area contributed by atoms with Crippen LogP contribution in [0.3, 0.4) is 0 Å². The quantitative estimate of drug-likeness (QED) is 0.553. The number of carbonyl (C=O) groups is 1. The average Bonchev–Trinajstić information content (AvgIpc) is 3.23. The van der Waals surface area contributed by atoms with Crippen molar-refractivity contribution in [2.24, 2.45) is 0 Å². The van der Waals surface area contributed by atoms with E-state index in [0.717, 1.165) is 60.0 Å². The predicted molar refractivity (Wildman–Crippen MR) is 108 cm³/mol. The van der Waals surface area contributed by atoms with E-state index in [9.17, 15) is 4.79 Å². The second kappa shape index (κ2) is 8.39. The maximum Gasteiger partial charge on any atom is 0.157 e. The molecule has 3 aromatic rings. The topological polar surface area (TPSA) is 75.7 Å². The molecule has 7 heteroatoms. The summed E-state index contributed by atoms with van der Waals surface area (Å²) in [7, 11) is 1.62. The predicted octanol–water partition coefficient (Wildman–Crippen LogP) is 4.28. The summed E-state index contributed by atoms with van der Waals surface area (Å²) in [6, 6.07) is 5.76. The van der Waals surface area contributed by atoms with Crippen molar-refractivity contribution in [2.75, 3.05) is 20.3 Å². The van der Waals surface area contributed by atoms with Crippen LogP contribution in [-0.4, -0.2) is 42.6 Å². The highest BCUT2D eigenvalue weighted by Crippen LogP contribution is 2.37. The molecule has 1 saturated heterocycles. The van der Waals surface area contributed by atoms with Gasteiger partial charge in [-0.25, -0.2) is 0 Å². The normalized spacial score (nSPS) is 17.0. The summed E-state index contributed by atoms with van der Waals surface area (Å²) in [5.74, 6) is 1.38. The number of methoxy groups -OCH3 is 1. The van der Waals surface area contributed by atoms with Crippen LogP contribution in [0.4, 0.5) is 0 Å². The van der Waals surface area contributed by atoms with Gasteiger partial charge in [-0.1, -0.05) is 5.16 Å². The SMILES string of the molecule is COc1ccc2c(c1)c(C=O)c(-c1c(C)noc1C)n2CCOC1CCCCO1. The van der Waals surface area contributed by atoms with E-state index in [1.807, 2.05) is 32.0 Å². The number of rotatable bonds is 7. The molecule has 1 fully saturated rings. The Hall–Kier alpha value is -2.64. The number of aromatic nitrogens is 2. The summed E-state index contributed by atoms with van der Waals surface area (Å²) in [6.45, 7) is 5.55. The van der Waals surface area contributed by atoms with Gasteiger partial charge in [0.25, 0.3) is 0 Å². The van der Waals surface area contributed by atoms with E-state index in [4.69, 9.17) is 18.7 Å². The van der Waals surface area contributed by atoms with Crippen molar-refractivity contribution in [3.8, 4) is 17.0 Å². The summed E-state index contributed by atoms with van der Waals surface area (Å²) < 4.78 is 24.5. The number of benzene rings is 1. The van der Waals surface area contributed by atoms with Crippen molar-refractivity contribution in [1.29, 1.82) is 0 Å². The van der Waals surface area contributed by atoms with E-state index in [0.29, 0.717) is 30.2 Å². The second-order valence-electron chi connectivity index (χ2n) is 7.28. The van der Waals surface area contributed by atoms with Gasteiger partial charge >= 0.3 is 0 Å². The first-order valence-electron chi connectivity index (χ1n) is 9.96. The number of nitrogens with zero attached hydrogens (tertiary/aromatic N) is 2. The van der Waals surface area contributed by atoms with E-state index in [-0.39, 0.29) is 6.29 Å². The van der Waals surface area contributed by atoms with Gasteiger partial charge in [0.05, 0.1) is 30.7 Å². The summed E-state index contributed by atoms with van der Waals surface area (Å²) in [5, 5.41) is 4.92. The molecule has 0 spiro atoms. The van der Waals surface area contributed by atoms with Crippen LogP contribution in [0.15, 0.2) is 22.7 Å². The Labute approximate surface area is 169 Å². The van der Waals surface area contributed by atoms with Crippen LogP contribution in [0.2, 0.25) is 0 Å². The van der Waals surface area contributed by atoms with Crippen LogP contribution >= 0.6 is 0 Å². The van der Waals surface area contributed by atoms with Crippen LogP contribution in [0.1, 0.15) is 41.1 Å². The lowest BCUT2D eigenvalue weighted by atomic mass is 10.0. The Balaban J connectivity index is 1.77. The smallest absolute Gasteiger partial charge is 0.157 e. The summed E-state index contributed by atoms with van der Waals surface area (Å²) in [4.78, 5) is 12.1. The van der Waals surface area contributed by atoms with Gasteiger partial charge in [-0.05, 0) is 51.3 Å². The Bertz CT molecular complexity index is 995. The first kappa shape index (κ1) is 19.7. The molecule has 1 aromatic carbocycles. The molecule has 154 valence electrons. The molecule has 0 bridgehead atoms. The van der Waals surface area contributed by atoms with E-state index < -0.39 is 0 Å². The molecule has 0 N–H and O–H groups in total. The highest BCUT2D eigenvalue weighted by molar-refractivity contribution is 6.05. The Morgan fingerprint density at radius 3 is 2.83 bits per heavy atom. The van der Waals surface area contributed by atoms with Crippen molar-refractivity contribution in [3.05, 3.63) is 35.2 Å². The summed E-state index contributed by atoms with van der Waals surface area (Å²) in [6.07, 6.45) is 3.86. The second-order valence-corrected chi connectivity index (χ2v) is 7.28. The summed E-state index contributed by atoms with van der Waals surface area (Å²) in [5.41, 5.74) is 3.93. The number of aryl methyl sites for hydroxylation is 2. The standard InChI is InChI=1S/C22H26N2O5/c1-14-21(15(2)29-23-14)22-18(13-25)17-12-16(26-3)7-8-19(17)24(22)9-11-28-20-6-4-5-10-27-20/h7-8,12-13,20H,4-6,9-11H2,1-3H3. The third-order valence-corrected chi connectivity index (χ3v) is 5.45. The van der Waals surface area contributed by atoms with E-state index in [1.165, 1.54) is 0 Å². The van der Waals surface area contributed by atoms with Gasteiger partial charge in [-0.15, -0.1) is 0 Å². The minimum absolute atomic E-state index is 0.154. The van der Waals surface area contributed by atoms with Gasteiger partial charge in [0.1, 0.15) is 11.5 Å². The van der Waals surface area contributed by atoms with Gasteiger partial charge in [-0.2, -0.15) is 0 Å². The maximum absolute atomic E-state index is 12.1. The molecule has 29 heavy (non-hydrogen) atoms. The number of ether oxygens (including phenoxy) is 3. The van der Waals surface area contributed by atoms with Crippen LogP contribution in [-0.2, 0) is 16.0 Å². The zero-order valence-corrected chi connectivity index (χ0v) is 17.1. The Morgan fingerprint density at radius 2 is 2.17 bits per heavy atom. The minimum atomic E-state index is -0.154. The molecule has 3 heterocycles. The third kappa shape index (κ3) is 3.68. The van der Waals surface area contributed by atoms with Crippen molar-refractivity contribution < 1.29 is 23.5 Å². The van der Waals surface area contributed by atoms with Crippen LogP contribution in [0, 0.1) is 13.8 Å². The van der Waals surface area contributed by atoms with Crippen LogP contribution in [0.25, 0.3) is 22.2 Å². The first-order chi connectivity index (χ1) is 14.1. The molecule has 0 saturated carbocycles. The highest BCUT2D eigenvalue weighted by Gasteiger charge is 2.24. The molecule has 4 rings (SSSR count). The van der Waals surface area contributed by atoms with E-state index in [2.05, 4.69) is 9.72 Å². The highest BCUT2D eigenvalue weighted by atomic mass is 16.7. The molecule has 1 unspecified atom stereocenters. The number of carbonyl (C=O) groups excluding carboxylic acids is 1. The Morgan fingerprint density at radius 1 is 1.31 bits per heavy atom. The fraction of sp³-hybridized carbons (Fsp3) is 0.455. The Kier molecular flexibility index (Phi) is 5.69. The van der Waals surface area contributed by atoms with Gasteiger partial charge in [0, 0.05) is 29.6 Å². The average molecular weight is 398 g/mol. The molecule has 1 aliphatic rings. The van der Waals surface area contributed by atoms with Gasteiger partial charge in [0.15, 0.2) is 12.6 Å². The number of aldehydes is 1. The maximum atomic E-state index is 12.1. The molecule has 0 amide bonds. The van der Waals surface area contributed by atoms with Crippen molar-refractivity contribution in [3.63, 3.8) is 0 Å². The van der Waals surface area contributed by atoms with Gasteiger partial charge in [-0.3, -0.25) is 4.79 Å². The molecule has 1 atom stereocenters. The van der Waals surface area contributed by atoms with Crippen molar-refractivity contribution in [1.82, 2.24) is 9.72 Å².